The van der Waals surface area contributed by atoms with Crippen molar-refractivity contribution >= 4 is 11.9 Å². The number of fused-ring (bicyclic) bond motifs is 1. The lowest BCUT2D eigenvalue weighted by Gasteiger charge is -2.29. The molecule has 0 heterocycles. The fraction of sp³-hybridized carbons (Fsp3) is 0.545. The molecule has 6 nitrogen and oxygen atoms in total. The maximum Gasteiger partial charge on any atom is 0.335 e. The monoisotopic (exact) mass is 680 g/mol. The number of unbranched alkanes of at least 4 members (excludes halogenated alkanes) is 3. The van der Waals surface area contributed by atoms with Crippen LogP contribution in [0.4, 0.5) is 0 Å². The summed E-state index contributed by atoms with van der Waals surface area (Å²) in [7, 11) is 0. The number of rotatable bonds is 19. The number of aliphatic carboxylic acids is 1. The molecule has 2 aliphatic rings. The van der Waals surface area contributed by atoms with Crippen LogP contribution in [0, 0.1) is 35.8 Å². The van der Waals surface area contributed by atoms with E-state index in [4.69, 9.17) is 14.6 Å². The third kappa shape index (κ3) is 11.5. The Morgan fingerprint density at radius 1 is 0.860 bits per heavy atom. The van der Waals surface area contributed by atoms with Gasteiger partial charge in [-0.15, -0.1) is 0 Å². The van der Waals surface area contributed by atoms with Crippen molar-refractivity contribution in [2.45, 2.75) is 116 Å². The van der Waals surface area contributed by atoms with E-state index in [9.17, 15) is 14.7 Å². The molecule has 0 bridgehead atoms. The Morgan fingerprint density at radius 3 is 2.48 bits per heavy atom. The highest BCUT2D eigenvalue weighted by Crippen LogP contribution is 2.39. The predicted octanol–water partition coefficient (Wildman–Crippen LogP) is 10.4. The van der Waals surface area contributed by atoms with Gasteiger partial charge in [0, 0.05) is 18.1 Å². The van der Waals surface area contributed by atoms with E-state index in [2.05, 4.69) is 25.1 Å². The Bertz CT molecular complexity index is 1480. The standard InChI is InChI=1S/C44H56O6/c1-32-20-21-34(23-25-39(32)31-49-40-16-6-4-7-17-40)30-50-42-18-10-9-13-35(42)24-22-33(12-5-2-3-8-19-43(45)46)28-36-14-11-15-37-29-38(44(47)48)26-27-41(36)37/h4,6-7,13,16-18,26-27,29,32-34,36,39H,2-3,5,8,11-12,14-15,19-25,28,30-31H2,1H3,(H,45,46)(H,47,48)/t32?,33-,34?,36?,39-/m0/s1. The third-order valence-electron chi connectivity index (χ3n) is 11.3. The van der Waals surface area contributed by atoms with Crippen LogP contribution in [-0.2, 0) is 17.6 Å². The van der Waals surface area contributed by atoms with Gasteiger partial charge in [0.15, 0.2) is 0 Å². The Hall–Kier alpha value is -3.98. The average Bonchev–Trinajstić information content (AvgIpc) is 3.30. The molecule has 6 heteroatoms. The number of carboxylic acid groups (broad SMARTS) is 2. The van der Waals surface area contributed by atoms with Crippen molar-refractivity contribution in [3.8, 4) is 11.5 Å². The van der Waals surface area contributed by atoms with Crippen LogP contribution in [0.1, 0.15) is 130 Å². The van der Waals surface area contributed by atoms with Gasteiger partial charge in [-0.05, 0) is 142 Å². The zero-order valence-electron chi connectivity index (χ0n) is 29.9. The molecule has 0 amide bonds. The van der Waals surface area contributed by atoms with Crippen molar-refractivity contribution < 1.29 is 29.3 Å². The molecule has 5 rings (SSSR count). The number of aryl methyl sites for hydroxylation is 2. The Labute approximate surface area is 299 Å². The lowest BCUT2D eigenvalue weighted by Crippen LogP contribution is -2.18. The molecule has 50 heavy (non-hydrogen) atoms. The number of benzene rings is 2. The van der Waals surface area contributed by atoms with E-state index in [1.807, 2.05) is 48.5 Å². The first kappa shape index (κ1) is 37.3. The van der Waals surface area contributed by atoms with E-state index in [-0.39, 0.29) is 6.42 Å². The van der Waals surface area contributed by atoms with Gasteiger partial charge in [0.1, 0.15) is 11.5 Å². The fourth-order valence-corrected chi connectivity index (χ4v) is 8.18. The molecule has 268 valence electrons. The molecule has 0 radical (unpaired) electrons. The minimum absolute atomic E-state index is 0.244. The van der Waals surface area contributed by atoms with E-state index < -0.39 is 11.9 Å². The Balaban J connectivity index is 1.16. The highest BCUT2D eigenvalue weighted by molar-refractivity contribution is 5.88. The summed E-state index contributed by atoms with van der Waals surface area (Å²) in [5.41, 5.74) is 4.09. The lowest BCUT2D eigenvalue weighted by atomic mass is 9.75. The first-order valence-electron chi connectivity index (χ1n) is 19.1. The number of hydrogen-bond acceptors (Lipinski definition) is 4. The molecule has 0 saturated heterocycles. The number of carbonyl (C=O) groups is 2. The van der Waals surface area contributed by atoms with E-state index >= 15 is 0 Å². The average molecular weight is 681 g/mol. The van der Waals surface area contributed by atoms with Crippen LogP contribution in [0.5, 0.6) is 11.5 Å². The van der Waals surface area contributed by atoms with Crippen LogP contribution in [0.15, 0.2) is 60.7 Å². The van der Waals surface area contributed by atoms with E-state index in [0.29, 0.717) is 35.2 Å². The quantitative estimate of drug-likeness (QED) is 0.0967. The molecule has 5 atom stereocenters. The molecule has 0 aliphatic heterocycles. The molecular formula is C44H56O6. The first-order chi connectivity index (χ1) is 24.4. The zero-order chi connectivity index (χ0) is 35.1. The van der Waals surface area contributed by atoms with Gasteiger partial charge in [-0.25, -0.2) is 4.79 Å². The topological polar surface area (TPSA) is 93.1 Å². The van der Waals surface area contributed by atoms with E-state index in [0.717, 1.165) is 108 Å². The molecule has 1 fully saturated rings. The van der Waals surface area contributed by atoms with Gasteiger partial charge < -0.3 is 19.7 Å². The Morgan fingerprint density at radius 2 is 1.66 bits per heavy atom. The van der Waals surface area contributed by atoms with Crippen molar-refractivity contribution in [2.75, 3.05) is 13.2 Å². The third-order valence-corrected chi connectivity index (χ3v) is 11.3. The predicted molar refractivity (Wildman–Crippen MR) is 197 cm³/mol. The van der Waals surface area contributed by atoms with Crippen molar-refractivity contribution in [2.24, 2.45) is 23.7 Å². The second kappa shape index (κ2) is 19.4. The summed E-state index contributed by atoms with van der Waals surface area (Å²) in [4.78, 5) is 22.6. The molecule has 0 spiro atoms. The molecule has 3 unspecified atom stereocenters. The Kier molecular flexibility index (Phi) is 14.5. The summed E-state index contributed by atoms with van der Waals surface area (Å²) >= 11 is 0. The van der Waals surface area contributed by atoms with Crippen LogP contribution in [0.25, 0.3) is 0 Å². The van der Waals surface area contributed by atoms with Crippen LogP contribution in [-0.4, -0.2) is 35.4 Å². The smallest absolute Gasteiger partial charge is 0.335 e. The second-order valence-electron chi connectivity index (χ2n) is 15.0. The SMILES string of the molecule is CC1CCC(COc2cc#ccc2CC[C@H](CCCCCCC(=O)O)CC2CCCc3cc(C(=O)O)ccc32)CC[C@H]1COc1ccccc1. The van der Waals surface area contributed by atoms with Crippen molar-refractivity contribution in [3.05, 3.63) is 95.1 Å². The van der Waals surface area contributed by atoms with Crippen LogP contribution in [0.3, 0.4) is 0 Å². The highest BCUT2D eigenvalue weighted by Gasteiger charge is 2.27. The summed E-state index contributed by atoms with van der Waals surface area (Å²) in [6, 6.07) is 26.2. The first-order valence-corrected chi connectivity index (χ1v) is 19.1. The summed E-state index contributed by atoms with van der Waals surface area (Å²) in [5.74, 6) is 2.96. The normalized spacial score (nSPS) is 20.9. The summed E-state index contributed by atoms with van der Waals surface area (Å²) in [6.45, 7) is 3.86. The van der Waals surface area contributed by atoms with Gasteiger partial charge in [0.2, 0.25) is 0 Å². The second-order valence-corrected chi connectivity index (χ2v) is 15.0. The largest absolute Gasteiger partial charge is 0.493 e. The molecule has 2 N–H and O–H groups in total. The number of para-hydroxylation sites is 1. The number of hydrogen-bond donors (Lipinski definition) is 2. The van der Waals surface area contributed by atoms with Crippen LogP contribution in [0.2, 0.25) is 0 Å². The van der Waals surface area contributed by atoms with Crippen molar-refractivity contribution in [3.63, 3.8) is 0 Å². The molecule has 3 aromatic rings. The van der Waals surface area contributed by atoms with Gasteiger partial charge in [-0.3, -0.25) is 4.79 Å². The number of aromatic carboxylic acids is 1. The maximum absolute atomic E-state index is 11.6. The summed E-state index contributed by atoms with van der Waals surface area (Å²) < 4.78 is 12.7. The summed E-state index contributed by atoms with van der Waals surface area (Å²) in [6.07, 6.45) is 16.1. The fourth-order valence-electron chi connectivity index (χ4n) is 8.18. The molecule has 3 aromatic carbocycles. The van der Waals surface area contributed by atoms with Crippen LogP contribution < -0.4 is 9.47 Å². The van der Waals surface area contributed by atoms with E-state index in [1.54, 1.807) is 6.07 Å². The van der Waals surface area contributed by atoms with Crippen molar-refractivity contribution in [1.82, 2.24) is 0 Å². The molecule has 1 saturated carbocycles. The zero-order valence-corrected chi connectivity index (χ0v) is 29.9. The minimum Gasteiger partial charge on any atom is -0.493 e. The van der Waals surface area contributed by atoms with Gasteiger partial charge >= 0.3 is 11.9 Å². The van der Waals surface area contributed by atoms with E-state index in [1.165, 1.54) is 29.5 Å². The van der Waals surface area contributed by atoms with Gasteiger partial charge in [0.25, 0.3) is 0 Å². The van der Waals surface area contributed by atoms with Gasteiger partial charge in [-0.2, -0.15) is 0 Å². The van der Waals surface area contributed by atoms with Gasteiger partial charge in [0.05, 0.1) is 18.8 Å². The number of carboxylic acids is 2. The van der Waals surface area contributed by atoms with Crippen molar-refractivity contribution in [1.29, 1.82) is 0 Å². The molecular weight excluding hydrogens is 624 g/mol. The van der Waals surface area contributed by atoms with Gasteiger partial charge in [-0.1, -0.05) is 69.0 Å². The summed E-state index contributed by atoms with van der Waals surface area (Å²) in [5, 5.41) is 18.6. The molecule has 2 aliphatic carbocycles. The van der Waals surface area contributed by atoms with Crippen LogP contribution >= 0.6 is 0 Å². The highest BCUT2D eigenvalue weighted by atomic mass is 16.5. The molecule has 0 aromatic heterocycles. The minimum atomic E-state index is -0.864. The maximum atomic E-state index is 11.6. The number of ether oxygens (including phenoxy) is 2. The lowest BCUT2D eigenvalue weighted by molar-refractivity contribution is -0.137.